The number of nitrogens with one attached hydrogen (secondary N) is 2. The van der Waals surface area contributed by atoms with Crippen LogP contribution in [-0.4, -0.2) is 156 Å². The highest BCUT2D eigenvalue weighted by atomic mass is 16.6. The first kappa shape index (κ1) is 62.7. The smallest absolute Gasteiger partial charge is 0.329 e. The zero-order valence-electron chi connectivity index (χ0n) is 45.8. The van der Waals surface area contributed by atoms with E-state index < -0.39 is 83.8 Å². The quantitative estimate of drug-likeness (QED) is 0.0163. The van der Waals surface area contributed by atoms with E-state index in [2.05, 4.69) is 16.9 Å². The van der Waals surface area contributed by atoms with Crippen LogP contribution in [0.1, 0.15) is 132 Å². The molecule has 0 bridgehead atoms. The number of carbonyl (C=O) groups is 5. The molecule has 0 aromatic rings. The summed E-state index contributed by atoms with van der Waals surface area (Å²) in [6.45, 7) is 18.1. The predicted octanol–water partition coefficient (Wildman–Crippen LogP) is 5.57. The average Bonchev–Trinajstić information content (AvgIpc) is 3.35. The highest BCUT2D eigenvalue weighted by Crippen LogP contribution is 2.38. The number of guanidine groups is 2. The molecule has 18 heteroatoms. The fourth-order valence-electron chi connectivity index (χ4n) is 10.3. The third-order valence-electron chi connectivity index (χ3n) is 15.2. The number of nitrogens with two attached hydrogens (primary N) is 1. The lowest BCUT2D eigenvalue weighted by atomic mass is 9.78. The highest BCUT2D eigenvalue weighted by Gasteiger charge is 2.53. The topological polar surface area (TPSA) is 264 Å². The number of nitrogens with zero attached hydrogens (tertiary/aromatic N) is 3. The minimum Gasteiger partial charge on any atom is -0.460 e. The van der Waals surface area contributed by atoms with Gasteiger partial charge in [-0.1, -0.05) is 77.2 Å². The normalized spacial score (nSPS) is 27.7. The van der Waals surface area contributed by atoms with Crippen molar-refractivity contribution in [1.29, 1.82) is 5.41 Å². The van der Waals surface area contributed by atoms with Gasteiger partial charge in [0, 0.05) is 65.5 Å². The van der Waals surface area contributed by atoms with Crippen molar-refractivity contribution in [2.24, 2.45) is 46.2 Å². The summed E-state index contributed by atoms with van der Waals surface area (Å²) in [6, 6.07) is -1.73. The number of aliphatic hydroxyl groups excluding tert-OH is 2. The lowest BCUT2D eigenvalue weighted by molar-refractivity contribution is -0.263. The number of Topliss-reactive ketones (excluding diaryl/α,β-unsaturated/α-hetero) is 3. The van der Waals surface area contributed by atoms with Gasteiger partial charge in [0.1, 0.15) is 30.1 Å². The number of ketones is 3. The minimum absolute atomic E-state index is 0.000797. The molecule has 412 valence electrons. The number of aliphatic hydroxyl groups is 3. The van der Waals surface area contributed by atoms with Crippen molar-refractivity contribution in [2.75, 3.05) is 34.9 Å². The number of amides is 1. The summed E-state index contributed by atoms with van der Waals surface area (Å²) < 4.78 is 23.6. The molecular weight excluding hydrogens is 937 g/mol. The Bertz CT molecular complexity index is 2020. The summed E-state index contributed by atoms with van der Waals surface area (Å²) in [5, 5.41) is 44.8. The Morgan fingerprint density at radius 3 is 2.33 bits per heavy atom. The zero-order valence-corrected chi connectivity index (χ0v) is 45.8. The second-order valence-corrected chi connectivity index (χ2v) is 21.2. The molecule has 15 atom stereocenters. The third kappa shape index (κ3) is 17.8. The summed E-state index contributed by atoms with van der Waals surface area (Å²) in [5.41, 5.74) is 7.37. The molecule has 73 heavy (non-hydrogen) atoms. The molecule has 2 heterocycles. The number of allylic oxidation sites excluding steroid dienone is 5. The number of piperidine rings is 1. The van der Waals surface area contributed by atoms with E-state index >= 15 is 0 Å². The van der Waals surface area contributed by atoms with E-state index in [1.54, 1.807) is 61.1 Å². The Kier molecular flexibility index (Phi) is 25.3. The summed E-state index contributed by atoms with van der Waals surface area (Å²) in [7, 11) is 6.29. The van der Waals surface area contributed by atoms with Crippen LogP contribution in [0.3, 0.4) is 0 Å². The van der Waals surface area contributed by atoms with E-state index in [9.17, 15) is 39.3 Å². The van der Waals surface area contributed by atoms with Gasteiger partial charge < -0.3 is 49.8 Å². The standard InChI is InChI=1S/C55H90N6O12/c1-14-16-19-32(3)26-36(7)47(64)49(71-13)48(65)37(8)27-34(5)44(63)31-45(35(6)28-39-22-24-43(62)46(29-39)70-12)72-52(68)42-20-17-18-25-61(42)51(67)50(66)55(69)38(9)21-23-40(73-55)30-41(33(4)15-2)58-53(56)59-54(57)60(10)11/h14-16,19,27,32,34-36,38-43,45-46,48-49,62,65,69H,1,17-18,20-26,28-31H2,2-13H3,(H4,56,57,58,59)/b19-16+,33-15-,37-27+/t32-,34-,35?,36-,38-,39-,40+,41-,42?,43-,45+,46-,48-,49+,55-/m1/s1. The van der Waals surface area contributed by atoms with Gasteiger partial charge in [0.05, 0.1) is 24.4 Å². The number of esters is 1. The Morgan fingerprint density at radius 1 is 1.03 bits per heavy atom. The molecule has 3 rings (SSSR count). The van der Waals surface area contributed by atoms with Crippen LogP contribution in [0, 0.1) is 40.9 Å². The van der Waals surface area contributed by atoms with E-state index in [1.165, 1.54) is 12.0 Å². The Hall–Kier alpha value is -4.59. The molecular formula is C55H90N6O12. The van der Waals surface area contributed by atoms with E-state index in [4.69, 9.17) is 30.1 Å². The Labute approximate surface area is 434 Å². The number of aliphatic imine (C=N–C) groups is 1. The van der Waals surface area contributed by atoms with Crippen molar-refractivity contribution < 1.29 is 58.2 Å². The molecule has 3 fully saturated rings. The van der Waals surface area contributed by atoms with Crippen LogP contribution in [0.5, 0.6) is 0 Å². The van der Waals surface area contributed by atoms with Crippen LogP contribution in [-0.2, 0) is 42.9 Å². The number of hydrogen-bond acceptors (Lipinski definition) is 14. The zero-order chi connectivity index (χ0) is 54.9. The predicted molar refractivity (Wildman–Crippen MR) is 281 cm³/mol. The van der Waals surface area contributed by atoms with Crippen molar-refractivity contribution in [3.05, 3.63) is 48.1 Å². The van der Waals surface area contributed by atoms with Crippen molar-refractivity contribution in [2.45, 2.75) is 187 Å². The lowest BCUT2D eigenvalue weighted by Gasteiger charge is -2.42. The molecule has 0 aromatic carbocycles. The fourth-order valence-corrected chi connectivity index (χ4v) is 10.3. The van der Waals surface area contributed by atoms with Gasteiger partial charge in [-0.3, -0.25) is 29.9 Å². The largest absolute Gasteiger partial charge is 0.460 e. The first-order valence-electron chi connectivity index (χ1n) is 26.2. The summed E-state index contributed by atoms with van der Waals surface area (Å²) in [5.74, 6) is -8.26. The Balaban J connectivity index is 1.87. The SMILES string of the molecule is C=C/C=C/[C@@H](C)C[C@@H](C)C(=O)[C@H](OC)[C@H](O)/C(C)=C/[C@@H](C)C(=O)C[C@H](OC(=O)C1CCCCN1C(=O)C(=O)[C@]1(O)O[C@H](C[C@@H](/N=C(\N)NC(=N)N(C)C)/C(C)=C\C)CC[C@H]1C)C(C)C[C@H]1CC[C@@H](O)[C@H](OC)C1. The van der Waals surface area contributed by atoms with E-state index in [0.717, 1.165) is 10.5 Å². The van der Waals surface area contributed by atoms with Crippen LogP contribution in [0.2, 0.25) is 0 Å². The third-order valence-corrected chi connectivity index (χ3v) is 15.2. The number of carbonyl (C=O) groups excluding carboxylic acids is 5. The number of rotatable bonds is 25. The molecule has 1 aliphatic carbocycles. The molecule has 0 spiro atoms. The Morgan fingerprint density at radius 2 is 1.71 bits per heavy atom. The number of hydrogen-bond donors (Lipinski definition) is 6. The molecule has 1 saturated carbocycles. The van der Waals surface area contributed by atoms with Gasteiger partial charge in [-0.05, 0) is 108 Å². The molecule has 3 aliphatic rings. The van der Waals surface area contributed by atoms with Gasteiger partial charge in [0.2, 0.25) is 5.79 Å². The number of likely N-dealkylation sites (tertiary alicyclic amines) is 1. The maximum Gasteiger partial charge on any atom is 0.329 e. The minimum atomic E-state index is -2.51. The number of ether oxygens (including phenoxy) is 4. The first-order valence-corrected chi connectivity index (χ1v) is 26.2. The van der Waals surface area contributed by atoms with Gasteiger partial charge in [-0.2, -0.15) is 0 Å². The lowest BCUT2D eigenvalue weighted by Crippen LogP contribution is -2.61. The number of methoxy groups -OCH3 is 2. The first-order chi connectivity index (χ1) is 34.3. The van der Waals surface area contributed by atoms with E-state index in [1.807, 2.05) is 45.9 Å². The van der Waals surface area contributed by atoms with Crippen molar-refractivity contribution in [3.63, 3.8) is 0 Å². The van der Waals surface area contributed by atoms with Crippen LogP contribution in [0.25, 0.3) is 0 Å². The van der Waals surface area contributed by atoms with Gasteiger partial charge >= 0.3 is 5.97 Å². The van der Waals surface area contributed by atoms with Crippen LogP contribution >= 0.6 is 0 Å². The van der Waals surface area contributed by atoms with E-state index in [0.29, 0.717) is 63.4 Å². The molecule has 1 amide bonds. The van der Waals surface area contributed by atoms with Crippen molar-refractivity contribution in [1.82, 2.24) is 15.1 Å². The van der Waals surface area contributed by atoms with Gasteiger partial charge in [0.25, 0.3) is 11.7 Å². The molecule has 0 radical (unpaired) electrons. The van der Waals surface area contributed by atoms with E-state index in [-0.39, 0.29) is 73.2 Å². The van der Waals surface area contributed by atoms with Gasteiger partial charge in [-0.25, -0.2) is 9.79 Å². The van der Waals surface area contributed by atoms with Crippen LogP contribution in [0.15, 0.2) is 53.1 Å². The molecule has 2 unspecified atom stereocenters. The molecule has 2 saturated heterocycles. The summed E-state index contributed by atoms with van der Waals surface area (Å²) in [4.78, 5) is 78.2. The second kappa shape index (κ2) is 29.5. The monoisotopic (exact) mass is 1030 g/mol. The van der Waals surface area contributed by atoms with Gasteiger partial charge in [-0.15, -0.1) is 0 Å². The molecule has 2 aliphatic heterocycles. The summed E-state index contributed by atoms with van der Waals surface area (Å²) in [6.07, 6.45) is 8.67. The second-order valence-electron chi connectivity index (χ2n) is 21.2. The summed E-state index contributed by atoms with van der Waals surface area (Å²) >= 11 is 0. The van der Waals surface area contributed by atoms with Crippen LogP contribution in [0.4, 0.5) is 0 Å². The highest BCUT2D eigenvalue weighted by molar-refractivity contribution is 6.39. The molecule has 7 N–H and O–H groups in total. The maximum atomic E-state index is 14.5. The average molecular weight is 1030 g/mol. The molecule has 18 nitrogen and oxygen atoms in total. The van der Waals surface area contributed by atoms with Crippen molar-refractivity contribution >= 4 is 41.1 Å². The fraction of sp³-hybridized carbons (Fsp3) is 0.727. The van der Waals surface area contributed by atoms with Gasteiger partial charge in [0.15, 0.2) is 17.7 Å². The van der Waals surface area contributed by atoms with Crippen molar-refractivity contribution in [3.8, 4) is 0 Å². The molecule has 0 aromatic heterocycles. The van der Waals surface area contributed by atoms with Crippen LogP contribution < -0.4 is 11.1 Å². The maximum absolute atomic E-state index is 14.5.